The zero-order valence-electron chi connectivity index (χ0n) is 9.30. The van der Waals surface area contributed by atoms with E-state index >= 15 is 0 Å². The molecule has 0 aromatic carbocycles. The molecule has 0 saturated carbocycles. The Balaban J connectivity index is 4.76. The third kappa shape index (κ3) is 7.18. The number of hydrogen-bond donors (Lipinski definition) is 0. The Bertz CT molecular complexity index is 308. The second-order valence-corrected chi connectivity index (χ2v) is 3.95. The molecule has 0 aliphatic carbocycles. The lowest BCUT2D eigenvalue weighted by Gasteiger charge is -2.06. The Labute approximate surface area is 87.7 Å². The third-order valence-corrected chi connectivity index (χ3v) is 1.29. The van der Waals surface area contributed by atoms with Crippen LogP contribution in [0, 0.1) is 17.3 Å². The van der Waals surface area contributed by atoms with Crippen molar-refractivity contribution >= 4 is 0 Å². The monoisotopic (exact) mass is 186 g/mol. The average Bonchev–Trinajstić information content (AvgIpc) is 2.08. The summed E-state index contributed by atoms with van der Waals surface area (Å²) in [5.74, 6) is 6.26. The molecule has 14 heavy (non-hydrogen) atoms. The quantitative estimate of drug-likeness (QED) is 0.463. The van der Waals surface area contributed by atoms with E-state index in [1.165, 1.54) is 0 Å². The van der Waals surface area contributed by atoms with Crippen molar-refractivity contribution < 1.29 is 0 Å². The Kier molecular flexibility index (Phi) is 5.41. The first-order valence-electron chi connectivity index (χ1n) is 4.64. The Morgan fingerprint density at radius 1 is 1.14 bits per heavy atom. The van der Waals surface area contributed by atoms with Gasteiger partial charge in [-0.25, -0.2) is 0 Å². The van der Waals surface area contributed by atoms with Crippen molar-refractivity contribution in [3.05, 3.63) is 49.1 Å². The highest BCUT2D eigenvalue weighted by Gasteiger charge is 2.02. The fourth-order valence-corrected chi connectivity index (χ4v) is 0.697. The van der Waals surface area contributed by atoms with E-state index in [0.717, 1.165) is 5.57 Å². The fourth-order valence-electron chi connectivity index (χ4n) is 0.697. The third-order valence-electron chi connectivity index (χ3n) is 1.29. The Hall–Kier alpha value is -1.48. The minimum atomic E-state index is 0.0300. The van der Waals surface area contributed by atoms with E-state index in [1.54, 1.807) is 12.2 Å². The van der Waals surface area contributed by atoms with Crippen molar-refractivity contribution in [3.8, 4) is 11.8 Å². The van der Waals surface area contributed by atoms with Gasteiger partial charge in [-0.2, -0.15) is 0 Å². The van der Waals surface area contributed by atoms with Crippen LogP contribution in [0.1, 0.15) is 20.8 Å². The normalized spacial score (nSPS) is 12.1. The van der Waals surface area contributed by atoms with E-state index in [0.29, 0.717) is 0 Å². The molecule has 0 nitrogen and oxygen atoms in total. The van der Waals surface area contributed by atoms with Crippen molar-refractivity contribution in [2.75, 3.05) is 0 Å². The molecule has 0 aromatic heterocycles. The summed E-state index contributed by atoms with van der Waals surface area (Å²) in [6.45, 7) is 13.5. The molecule has 0 heteroatoms. The molecule has 0 spiro atoms. The van der Waals surface area contributed by atoms with E-state index in [-0.39, 0.29) is 5.41 Å². The molecular formula is C14H18. The molecule has 0 aliphatic heterocycles. The molecule has 0 aromatic rings. The molecule has 0 fully saturated rings. The first-order valence-corrected chi connectivity index (χ1v) is 4.64. The van der Waals surface area contributed by atoms with Crippen molar-refractivity contribution in [1.82, 2.24) is 0 Å². The Morgan fingerprint density at radius 2 is 1.79 bits per heavy atom. The van der Waals surface area contributed by atoms with E-state index in [2.05, 4.69) is 45.8 Å². The number of hydrogen-bond acceptors (Lipinski definition) is 0. The minimum Gasteiger partial charge on any atom is -0.0991 e. The highest BCUT2D eigenvalue weighted by molar-refractivity contribution is 5.41. The second-order valence-electron chi connectivity index (χ2n) is 3.95. The predicted octanol–water partition coefficient (Wildman–Crippen LogP) is 3.89. The van der Waals surface area contributed by atoms with Crippen LogP contribution in [0.5, 0.6) is 0 Å². The molecule has 0 N–H and O–H groups in total. The SMILES string of the molecule is C=C/C=C\C(C#CC(C)(C)C)=C/C=C. The van der Waals surface area contributed by atoms with Crippen LogP contribution in [0.15, 0.2) is 49.1 Å². The van der Waals surface area contributed by atoms with Crippen LogP contribution in [0.25, 0.3) is 0 Å². The van der Waals surface area contributed by atoms with Gasteiger partial charge in [0.15, 0.2) is 0 Å². The van der Waals surface area contributed by atoms with Crippen LogP contribution >= 0.6 is 0 Å². The molecular weight excluding hydrogens is 168 g/mol. The van der Waals surface area contributed by atoms with Crippen LogP contribution in [0.4, 0.5) is 0 Å². The van der Waals surface area contributed by atoms with Crippen LogP contribution in [-0.2, 0) is 0 Å². The second kappa shape index (κ2) is 6.05. The molecule has 0 amide bonds. The molecule has 0 saturated heterocycles. The highest BCUT2D eigenvalue weighted by atomic mass is 14.1. The van der Waals surface area contributed by atoms with Gasteiger partial charge in [0.25, 0.3) is 0 Å². The summed E-state index contributed by atoms with van der Waals surface area (Å²) in [6.07, 6.45) is 9.15. The maximum absolute atomic E-state index is 3.65. The molecule has 0 atom stereocenters. The van der Waals surface area contributed by atoms with Crippen molar-refractivity contribution in [3.63, 3.8) is 0 Å². The molecule has 0 unspecified atom stereocenters. The summed E-state index contributed by atoms with van der Waals surface area (Å²) in [5.41, 5.74) is 0.984. The first kappa shape index (κ1) is 12.5. The maximum Gasteiger partial charge on any atom is 0.0245 e. The summed E-state index contributed by atoms with van der Waals surface area (Å²) in [7, 11) is 0. The topological polar surface area (TPSA) is 0 Å². The van der Waals surface area contributed by atoms with Gasteiger partial charge in [-0.1, -0.05) is 43.2 Å². The lowest BCUT2D eigenvalue weighted by Crippen LogP contribution is -1.99. The summed E-state index contributed by atoms with van der Waals surface area (Å²) in [6, 6.07) is 0. The van der Waals surface area contributed by atoms with Gasteiger partial charge in [0.1, 0.15) is 0 Å². The molecule has 0 bridgehead atoms. The lowest BCUT2D eigenvalue weighted by atomic mass is 9.97. The van der Waals surface area contributed by atoms with Gasteiger partial charge < -0.3 is 0 Å². The van der Waals surface area contributed by atoms with Crippen LogP contribution < -0.4 is 0 Å². The fraction of sp³-hybridized carbons (Fsp3) is 0.286. The predicted molar refractivity (Wildman–Crippen MR) is 64.8 cm³/mol. The molecule has 74 valence electrons. The van der Waals surface area contributed by atoms with Gasteiger partial charge in [-0.05, 0) is 32.9 Å². The summed E-state index contributed by atoms with van der Waals surface area (Å²) < 4.78 is 0. The van der Waals surface area contributed by atoms with Gasteiger partial charge in [-0.3, -0.25) is 0 Å². The zero-order valence-corrected chi connectivity index (χ0v) is 9.30. The van der Waals surface area contributed by atoms with E-state index < -0.39 is 0 Å². The van der Waals surface area contributed by atoms with Crippen molar-refractivity contribution in [1.29, 1.82) is 0 Å². The molecule has 0 radical (unpaired) electrons. The van der Waals surface area contributed by atoms with Gasteiger partial charge in [0.2, 0.25) is 0 Å². The van der Waals surface area contributed by atoms with Gasteiger partial charge >= 0.3 is 0 Å². The van der Waals surface area contributed by atoms with Crippen molar-refractivity contribution in [2.45, 2.75) is 20.8 Å². The minimum absolute atomic E-state index is 0.0300. The van der Waals surface area contributed by atoms with Gasteiger partial charge in [0.05, 0.1) is 0 Å². The molecule has 0 aliphatic rings. The standard InChI is InChI=1S/C14H18/c1-6-8-10-13(9-7-2)11-12-14(3,4)5/h6-10H,1-2H2,3-5H3/b10-8-,13-9+. The van der Waals surface area contributed by atoms with Crippen LogP contribution in [0.2, 0.25) is 0 Å². The van der Waals surface area contributed by atoms with Crippen LogP contribution in [0.3, 0.4) is 0 Å². The smallest absolute Gasteiger partial charge is 0.0245 e. The van der Waals surface area contributed by atoms with Crippen LogP contribution in [-0.4, -0.2) is 0 Å². The van der Waals surface area contributed by atoms with E-state index in [1.807, 2.05) is 18.2 Å². The highest BCUT2D eigenvalue weighted by Crippen LogP contribution is 2.10. The lowest BCUT2D eigenvalue weighted by molar-refractivity contribution is 0.571. The van der Waals surface area contributed by atoms with Gasteiger partial charge in [0, 0.05) is 11.0 Å². The summed E-state index contributed by atoms with van der Waals surface area (Å²) in [5, 5.41) is 0. The molecule has 0 rings (SSSR count). The zero-order chi connectivity index (χ0) is 11.0. The average molecular weight is 186 g/mol. The summed E-state index contributed by atoms with van der Waals surface area (Å²) in [4.78, 5) is 0. The van der Waals surface area contributed by atoms with E-state index in [9.17, 15) is 0 Å². The number of allylic oxidation sites excluding steroid dienone is 6. The Morgan fingerprint density at radius 3 is 2.21 bits per heavy atom. The van der Waals surface area contributed by atoms with E-state index in [4.69, 9.17) is 0 Å². The first-order chi connectivity index (χ1) is 6.49. The molecule has 0 heterocycles. The largest absolute Gasteiger partial charge is 0.0991 e. The summed E-state index contributed by atoms with van der Waals surface area (Å²) >= 11 is 0. The van der Waals surface area contributed by atoms with Gasteiger partial charge in [-0.15, -0.1) is 0 Å². The number of rotatable bonds is 3. The van der Waals surface area contributed by atoms with Crippen molar-refractivity contribution in [2.24, 2.45) is 5.41 Å². The maximum atomic E-state index is 3.65.